The van der Waals surface area contributed by atoms with Crippen molar-refractivity contribution in [1.82, 2.24) is 4.98 Å². The average Bonchev–Trinajstić information content (AvgIpc) is 2.72. The lowest BCUT2D eigenvalue weighted by Crippen LogP contribution is -2.13. The molecule has 0 aliphatic heterocycles. The number of nitrogens with one attached hydrogen (secondary N) is 1. The number of nitrogens with zero attached hydrogens (tertiary/aromatic N) is 1. The van der Waals surface area contributed by atoms with E-state index in [-0.39, 0.29) is 5.56 Å². The molecule has 0 fully saturated rings. The quantitative estimate of drug-likeness (QED) is 0.749. The van der Waals surface area contributed by atoms with Crippen molar-refractivity contribution in [1.29, 1.82) is 5.26 Å². The monoisotopic (exact) mass is 362 g/mol. The van der Waals surface area contributed by atoms with E-state index in [0.29, 0.717) is 34.1 Å². The average molecular weight is 362 g/mol. The van der Waals surface area contributed by atoms with Crippen molar-refractivity contribution in [2.75, 3.05) is 21.3 Å². The van der Waals surface area contributed by atoms with Crippen LogP contribution in [0, 0.1) is 11.3 Å². The van der Waals surface area contributed by atoms with Gasteiger partial charge in [-0.1, -0.05) is 12.1 Å². The number of rotatable bonds is 5. The molecule has 0 saturated carbocycles. The van der Waals surface area contributed by atoms with Crippen LogP contribution in [0.1, 0.15) is 5.56 Å². The summed E-state index contributed by atoms with van der Waals surface area (Å²) < 4.78 is 15.8. The van der Waals surface area contributed by atoms with Crippen LogP contribution in [0.15, 0.2) is 53.3 Å². The molecule has 6 nitrogen and oxygen atoms in total. The standard InChI is InChI=1S/C21H18N2O4/c1-25-14-6-4-13(5-7-14)17-11-19(23-21(24)18(17)12-22)16-9-8-15(26-2)10-20(16)27-3/h4-11H,1-3H3,(H,23,24). The Morgan fingerprint density at radius 2 is 1.52 bits per heavy atom. The van der Waals surface area contributed by atoms with Crippen molar-refractivity contribution in [3.05, 3.63) is 64.4 Å². The second kappa shape index (κ2) is 7.67. The van der Waals surface area contributed by atoms with E-state index in [1.54, 1.807) is 57.7 Å². The molecular formula is C21H18N2O4. The number of ether oxygens (including phenoxy) is 3. The molecule has 1 N–H and O–H groups in total. The fourth-order valence-corrected chi connectivity index (χ4v) is 2.84. The first-order valence-corrected chi connectivity index (χ1v) is 8.15. The van der Waals surface area contributed by atoms with Gasteiger partial charge in [-0.15, -0.1) is 0 Å². The summed E-state index contributed by atoms with van der Waals surface area (Å²) in [6, 6.07) is 16.3. The highest BCUT2D eigenvalue weighted by Gasteiger charge is 2.15. The summed E-state index contributed by atoms with van der Waals surface area (Å²) in [7, 11) is 4.70. The number of nitriles is 1. The SMILES string of the molecule is COc1ccc(-c2cc(-c3ccc(OC)cc3OC)[nH]c(=O)c2C#N)cc1. The zero-order chi connectivity index (χ0) is 19.4. The van der Waals surface area contributed by atoms with Gasteiger partial charge in [-0.25, -0.2) is 0 Å². The van der Waals surface area contributed by atoms with Gasteiger partial charge in [-0.3, -0.25) is 4.79 Å². The molecule has 6 heteroatoms. The smallest absolute Gasteiger partial charge is 0.266 e. The van der Waals surface area contributed by atoms with Crippen molar-refractivity contribution >= 4 is 0 Å². The summed E-state index contributed by atoms with van der Waals surface area (Å²) in [4.78, 5) is 15.3. The van der Waals surface area contributed by atoms with Crippen LogP contribution < -0.4 is 19.8 Å². The number of hydrogen-bond acceptors (Lipinski definition) is 5. The maximum absolute atomic E-state index is 12.5. The van der Waals surface area contributed by atoms with E-state index in [4.69, 9.17) is 14.2 Å². The van der Waals surface area contributed by atoms with E-state index in [9.17, 15) is 10.1 Å². The first-order chi connectivity index (χ1) is 13.1. The van der Waals surface area contributed by atoms with Crippen molar-refractivity contribution in [2.45, 2.75) is 0 Å². The first-order valence-electron chi connectivity index (χ1n) is 8.15. The molecule has 0 atom stereocenters. The maximum atomic E-state index is 12.5. The van der Waals surface area contributed by atoms with Crippen LogP contribution in [0.4, 0.5) is 0 Å². The molecule has 0 aliphatic carbocycles. The van der Waals surface area contributed by atoms with Crippen LogP contribution in [0.2, 0.25) is 0 Å². The van der Waals surface area contributed by atoms with Crippen LogP contribution >= 0.6 is 0 Å². The third kappa shape index (κ3) is 3.48. The third-order valence-corrected chi connectivity index (χ3v) is 4.24. The molecule has 0 spiro atoms. The fraction of sp³-hybridized carbons (Fsp3) is 0.143. The van der Waals surface area contributed by atoms with Gasteiger partial charge >= 0.3 is 0 Å². The first kappa shape index (κ1) is 18.1. The Hall–Kier alpha value is -3.72. The van der Waals surface area contributed by atoms with E-state index >= 15 is 0 Å². The van der Waals surface area contributed by atoms with E-state index in [2.05, 4.69) is 4.98 Å². The molecule has 0 aliphatic rings. The normalized spacial score (nSPS) is 10.1. The number of benzene rings is 2. The molecule has 1 aromatic heterocycles. The zero-order valence-corrected chi connectivity index (χ0v) is 15.2. The Labute approximate surface area is 156 Å². The number of hydrogen-bond donors (Lipinski definition) is 1. The van der Waals surface area contributed by atoms with E-state index < -0.39 is 5.56 Å². The lowest BCUT2D eigenvalue weighted by molar-refractivity contribution is 0.395. The minimum Gasteiger partial charge on any atom is -0.497 e. The Balaban J connectivity index is 2.21. The Morgan fingerprint density at radius 3 is 2.11 bits per heavy atom. The van der Waals surface area contributed by atoms with Crippen LogP contribution in [0.25, 0.3) is 22.4 Å². The molecule has 0 unspecified atom stereocenters. The maximum Gasteiger partial charge on any atom is 0.266 e. The summed E-state index contributed by atoms with van der Waals surface area (Å²) in [6.07, 6.45) is 0. The molecule has 0 radical (unpaired) electrons. The van der Waals surface area contributed by atoms with Crippen LogP contribution in [0.3, 0.4) is 0 Å². The van der Waals surface area contributed by atoms with Gasteiger partial charge in [0.05, 0.1) is 27.0 Å². The summed E-state index contributed by atoms with van der Waals surface area (Å²) in [6.45, 7) is 0. The summed E-state index contributed by atoms with van der Waals surface area (Å²) in [5.74, 6) is 1.89. The van der Waals surface area contributed by atoms with Gasteiger partial charge < -0.3 is 19.2 Å². The summed E-state index contributed by atoms with van der Waals surface area (Å²) in [5, 5.41) is 9.46. The van der Waals surface area contributed by atoms with Crippen molar-refractivity contribution in [2.24, 2.45) is 0 Å². The van der Waals surface area contributed by atoms with Gasteiger partial charge in [0.2, 0.25) is 0 Å². The Kier molecular flexibility index (Phi) is 5.13. The summed E-state index contributed by atoms with van der Waals surface area (Å²) >= 11 is 0. The largest absolute Gasteiger partial charge is 0.497 e. The molecule has 3 rings (SSSR count). The van der Waals surface area contributed by atoms with E-state index in [1.807, 2.05) is 18.2 Å². The predicted molar refractivity (Wildman–Crippen MR) is 102 cm³/mol. The van der Waals surface area contributed by atoms with Gasteiger partial charge in [-0.2, -0.15) is 5.26 Å². The second-order valence-corrected chi connectivity index (χ2v) is 5.71. The van der Waals surface area contributed by atoms with Crippen molar-refractivity contribution < 1.29 is 14.2 Å². The van der Waals surface area contributed by atoms with Crippen molar-refractivity contribution in [3.8, 4) is 45.7 Å². The molecule has 136 valence electrons. The third-order valence-electron chi connectivity index (χ3n) is 4.24. The van der Waals surface area contributed by atoms with Gasteiger partial charge in [-0.05, 0) is 35.9 Å². The zero-order valence-electron chi connectivity index (χ0n) is 15.2. The highest BCUT2D eigenvalue weighted by Crippen LogP contribution is 2.34. The number of H-pyrrole nitrogens is 1. The van der Waals surface area contributed by atoms with Gasteiger partial charge in [0.25, 0.3) is 5.56 Å². The van der Waals surface area contributed by atoms with Crippen molar-refractivity contribution in [3.63, 3.8) is 0 Å². The van der Waals surface area contributed by atoms with Crippen LogP contribution in [-0.2, 0) is 0 Å². The molecular weight excluding hydrogens is 344 g/mol. The Bertz CT molecular complexity index is 1060. The van der Waals surface area contributed by atoms with E-state index in [0.717, 1.165) is 5.56 Å². The molecule has 1 heterocycles. The lowest BCUT2D eigenvalue weighted by Gasteiger charge is -2.12. The second-order valence-electron chi connectivity index (χ2n) is 5.71. The molecule has 0 saturated heterocycles. The predicted octanol–water partition coefficient (Wildman–Crippen LogP) is 3.61. The molecule has 27 heavy (non-hydrogen) atoms. The molecule has 0 bridgehead atoms. The lowest BCUT2D eigenvalue weighted by atomic mass is 9.98. The molecule has 0 amide bonds. The van der Waals surface area contributed by atoms with Crippen LogP contribution in [0.5, 0.6) is 17.2 Å². The number of aromatic amines is 1. The van der Waals surface area contributed by atoms with Crippen LogP contribution in [-0.4, -0.2) is 26.3 Å². The fourth-order valence-electron chi connectivity index (χ4n) is 2.84. The number of aromatic nitrogens is 1. The minimum absolute atomic E-state index is 0.0522. The van der Waals surface area contributed by atoms with Gasteiger partial charge in [0, 0.05) is 17.2 Å². The number of methoxy groups -OCH3 is 3. The van der Waals surface area contributed by atoms with Gasteiger partial charge in [0.15, 0.2) is 0 Å². The highest BCUT2D eigenvalue weighted by atomic mass is 16.5. The topological polar surface area (TPSA) is 84.3 Å². The highest BCUT2D eigenvalue weighted by molar-refractivity contribution is 5.77. The molecule has 3 aromatic rings. The summed E-state index contributed by atoms with van der Waals surface area (Å²) in [5.41, 5.74) is 2.11. The van der Waals surface area contributed by atoms with Gasteiger partial charge in [0.1, 0.15) is 28.9 Å². The minimum atomic E-state index is -0.460. The number of pyridine rings is 1. The van der Waals surface area contributed by atoms with E-state index in [1.165, 1.54) is 0 Å². The molecule has 2 aromatic carbocycles. The Morgan fingerprint density at radius 1 is 0.852 bits per heavy atom.